The summed E-state index contributed by atoms with van der Waals surface area (Å²) >= 11 is 1.46. The molecule has 1 aliphatic carbocycles. The first kappa shape index (κ1) is 37.8. The van der Waals surface area contributed by atoms with Crippen LogP contribution in [0.3, 0.4) is 0 Å². The van der Waals surface area contributed by atoms with Crippen LogP contribution >= 0.6 is 0 Å². The van der Waals surface area contributed by atoms with Crippen molar-refractivity contribution in [3.05, 3.63) is 149 Å². The van der Waals surface area contributed by atoms with E-state index in [0.29, 0.717) is 0 Å². The molecule has 0 aromatic heterocycles. The van der Waals surface area contributed by atoms with Gasteiger partial charge in [0.15, 0.2) is 0 Å². The molecule has 0 atom stereocenters. The second-order valence-electron chi connectivity index (χ2n) is 17.3. The zero-order chi connectivity index (χ0) is 35.5. The third-order valence-electron chi connectivity index (χ3n) is 9.10. The fourth-order valence-corrected chi connectivity index (χ4v) is 6.53. The predicted molar refractivity (Wildman–Crippen MR) is 210 cm³/mol. The fourth-order valence-electron chi connectivity index (χ4n) is 5.71. The summed E-state index contributed by atoms with van der Waals surface area (Å²) < 4.78 is 1.42. The summed E-state index contributed by atoms with van der Waals surface area (Å²) in [5.41, 5.74) is 9.10. The third-order valence-corrected chi connectivity index (χ3v) is 10.5. The molecule has 0 aliphatic heterocycles. The summed E-state index contributed by atoms with van der Waals surface area (Å²) in [7, 11) is 0. The molecule has 6 rings (SSSR count). The van der Waals surface area contributed by atoms with Gasteiger partial charge < -0.3 is 0 Å². The van der Waals surface area contributed by atoms with Gasteiger partial charge in [-0.15, -0.1) is 46.2 Å². The van der Waals surface area contributed by atoms with E-state index in [1.165, 1.54) is 82.4 Å². The van der Waals surface area contributed by atoms with E-state index < -0.39 is 0 Å². The van der Waals surface area contributed by atoms with Crippen molar-refractivity contribution >= 4 is 24.8 Å². The van der Waals surface area contributed by atoms with Crippen LogP contribution in [0.4, 0.5) is 0 Å². The first-order valence-corrected chi connectivity index (χ1v) is 18.6. The Labute approximate surface area is 307 Å². The van der Waals surface area contributed by atoms with Crippen molar-refractivity contribution in [2.24, 2.45) is 0 Å². The van der Waals surface area contributed by atoms with Crippen LogP contribution in [0.25, 0.3) is 21.5 Å². The van der Waals surface area contributed by atoms with Crippen LogP contribution < -0.4 is 0 Å². The van der Waals surface area contributed by atoms with Gasteiger partial charge in [0.1, 0.15) is 0 Å². The minimum Gasteiger partial charge on any atom is -0.273 e. The molecule has 0 fully saturated rings. The second-order valence-corrected chi connectivity index (χ2v) is 18.5. The predicted octanol–water partition coefficient (Wildman–Crippen LogP) is 13.0. The van der Waals surface area contributed by atoms with Gasteiger partial charge in [-0.3, -0.25) is 6.08 Å². The van der Waals surface area contributed by atoms with Crippen LogP contribution in [-0.2, 0) is 45.9 Å². The molecule has 1 heteroatoms. The van der Waals surface area contributed by atoms with Crippen LogP contribution in [-0.4, -0.2) is 3.21 Å². The molecule has 0 heterocycles. The third kappa shape index (κ3) is 9.79. The first-order chi connectivity index (χ1) is 22.2. The minimum atomic E-state index is 0.194. The van der Waals surface area contributed by atoms with Gasteiger partial charge in [0, 0.05) is 0 Å². The van der Waals surface area contributed by atoms with E-state index in [1.54, 1.807) is 0 Å². The van der Waals surface area contributed by atoms with Crippen LogP contribution in [0.5, 0.6) is 0 Å². The number of hydrogen-bond acceptors (Lipinski definition) is 0. The molecule has 0 spiro atoms. The maximum Gasteiger partial charge on any atom is -0.0145 e. The molecule has 0 unspecified atom stereocenters. The average Bonchev–Trinajstić information content (AvgIpc) is 3.71. The molecule has 0 bridgehead atoms. The van der Waals surface area contributed by atoms with Gasteiger partial charge in [-0.25, -0.2) is 12.2 Å². The summed E-state index contributed by atoms with van der Waals surface area (Å²) in [4.78, 5) is 0. The maximum atomic E-state index is 2.99. The first-order valence-electron chi connectivity index (χ1n) is 17.4. The summed E-state index contributed by atoms with van der Waals surface area (Å²) in [6.45, 7) is 27.2. The molecule has 0 amide bonds. The Balaban J connectivity index is 0.000000189. The summed E-state index contributed by atoms with van der Waals surface area (Å²) in [5.74, 6) is 0. The molecular formula is C47H56Zr. The number of allylic oxidation sites excluding steroid dienone is 4. The molecule has 5 aromatic carbocycles. The van der Waals surface area contributed by atoms with Crippen molar-refractivity contribution in [2.45, 2.75) is 111 Å². The monoisotopic (exact) mass is 710 g/mol. The van der Waals surface area contributed by atoms with Gasteiger partial charge >= 0.3 is 151 Å². The van der Waals surface area contributed by atoms with Gasteiger partial charge in [-0.2, -0.15) is 6.08 Å². The van der Waals surface area contributed by atoms with Gasteiger partial charge in [-0.05, 0) is 10.8 Å². The quantitative estimate of drug-likeness (QED) is 0.160. The molecule has 248 valence electrons. The number of hydrogen-bond donors (Lipinski definition) is 0. The van der Waals surface area contributed by atoms with Crippen molar-refractivity contribution in [1.82, 2.24) is 0 Å². The molecule has 0 radical (unpaired) electrons. The van der Waals surface area contributed by atoms with E-state index in [-0.39, 0.29) is 21.7 Å². The van der Waals surface area contributed by atoms with E-state index >= 15 is 0 Å². The van der Waals surface area contributed by atoms with Crippen LogP contribution in [0.2, 0.25) is 0 Å². The standard InChI is InChI=1S/C21H25.C21H26.C5H5.Zr/c1-20(2,3)16-9-7-14-11-15-8-10-17(21(4,5)6)13-19(15)18(14)12-16;1-20(2,3)18-11-7-16(8-12-18)15-17-9-13-19(14-10-17)21(4,5)6;1-2-4-5-3-1;/h7-13H,1-6H3;7-14H,1-6H3;1-3H,4H2;/q-1;;-1;+2. The van der Waals surface area contributed by atoms with Crippen LogP contribution in [0.1, 0.15) is 123 Å². The minimum absolute atomic E-state index is 0.194. The van der Waals surface area contributed by atoms with E-state index in [1.807, 2.05) is 12.2 Å². The second kappa shape index (κ2) is 14.8. The van der Waals surface area contributed by atoms with Gasteiger partial charge in [0.25, 0.3) is 0 Å². The van der Waals surface area contributed by atoms with Gasteiger partial charge in [0.2, 0.25) is 0 Å². The normalized spacial score (nSPS) is 13.3. The van der Waals surface area contributed by atoms with Gasteiger partial charge in [0.05, 0.1) is 0 Å². The summed E-state index contributed by atoms with van der Waals surface area (Å²) in [5, 5.41) is 5.49. The van der Waals surface area contributed by atoms with E-state index in [0.717, 1.165) is 6.42 Å². The molecule has 5 aromatic rings. The largest absolute Gasteiger partial charge is 0.273 e. The van der Waals surface area contributed by atoms with Crippen LogP contribution in [0.15, 0.2) is 109 Å². The number of benzene rings is 4. The maximum absolute atomic E-state index is 2.99. The topological polar surface area (TPSA) is 0 Å². The molecule has 0 saturated heterocycles. The molecule has 1 aliphatic rings. The zero-order valence-corrected chi connectivity index (χ0v) is 34.1. The Bertz CT molecular complexity index is 1760. The Morgan fingerprint density at radius 3 is 1.15 bits per heavy atom. The molecule has 0 saturated carbocycles. The Kier molecular flexibility index (Phi) is 11.7. The average molecular weight is 712 g/mol. The van der Waals surface area contributed by atoms with Crippen molar-refractivity contribution in [3.63, 3.8) is 0 Å². The molecule has 0 N–H and O–H groups in total. The summed E-state index contributed by atoms with van der Waals surface area (Å²) in [6, 6.07) is 34.3. The van der Waals surface area contributed by atoms with Crippen molar-refractivity contribution in [3.8, 4) is 0 Å². The zero-order valence-electron chi connectivity index (χ0n) is 31.6. The van der Waals surface area contributed by atoms with Crippen LogP contribution in [0, 0.1) is 6.08 Å². The Morgan fingerprint density at radius 1 is 0.521 bits per heavy atom. The van der Waals surface area contributed by atoms with Gasteiger partial charge in [-0.1, -0.05) is 76.9 Å². The SMILES string of the molecule is CC(C)(C)c1ccc([C](=[Zr+2])c2ccc(C(C)(C)C)cc2)cc1.CC(C)(C)c1ccc2[cH-]c3ccc(C(C)(C)C)cc3c2c1.[C-]1=CC=CC1. The van der Waals surface area contributed by atoms with Crippen molar-refractivity contribution in [2.75, 3.05) is 0 Å². The number of fused-ring (bicyclic) bond motifs is 3. The number of rotatable bonds is 2. The summed E-state index contributed by atoms with van der Waals surface area (Å²) in [6.07, 6.45) is 10.0. The van der Waals surface area contributed by atoms with E-state index in [4.69, 9.17) is 0 Å². The van der Waals surface area contributed by atoms with Crippen molar-refractivity contribution < 1.29 is 24.2 Å². The molecule has 48 heavy (non-hydrogen) atoms. The Morgan fingerprint density at radius 2 is 0.875 bits per heavy atom. The van der Waals surface area contributed by atoms with Crippen molar-refractivity contribution in [1.29, 1.82) is 0 Å². The molecule has 0 nitrogen and oxygen atoms in total. The fraction of sp³-hybridized carbons (Fsp3) is 0.362. The van der Waals surface area contributed by atoms with E-state index in [9.17, 15) is 0 Å². The van der Waals surface area contributed by atoms with E-state index in [2.05, 4.69) is 186 Å². The Hall–Kier alpha value is -3.02. The smallest absolute Gasteiger partial charge is 0.0145 e. The molecular weight excluding hydrogens is 656 g/mol.